The van der Waals surface area contributed by atoms with Crippen LogP contribution in [0.2, 0.25) is 0 Å². The van der Waals surface area contributed by atoms with E-state index in [-0.39, 0.29) is 6.54 Å². The van der Waals surface area contributed by atoms with Gasteiger partial charge < -0.3 is 5.32 Å². The minimum atomic E-state index is -4.51. The third kappa shape index (κ3) is 3.56. The number of alkyl halides is 3. The van der Waals surface area contributed by atoms with Gasteiger partial charge in [-0.1, -0.05) is 6.07 Å². The fourth-order valence-corrected chi connectivity index (χ4v) is 1.47. The van der Waals surface area contributed by atoms with Crippen molar-refractivity contribution in [2.24, 2.45) is 0 Å². The molecule has 0 aromatic carbocycles. The molecule has 2 rings (SSSR count). The Labute approximate surface area is 112 Å². The molecule has 0 aliphatic heterocycles. The number of aryl methyl sites for hydroxylation is 1. The fraction of sp³-hybridized carbons (Fsp3) is 0.250. The van der Waals surface area contributed by atoms with Gasteiger partial charge in [0.1, 0.15) is 12.4 Å². The second-order valence-corrected chi connectivity index (χ2v) is 4.17. The van der Waals surface area contributed by atoms with Crippen LogP contribution in [0.1, 0.15) is 11.3 Å². The lowest BCUT2D eigenvalue weighted by Gasteiger charge is -2.05. The van der Waals surface area contributed by atoms with Gasteiger partial charge in [0.2, 0.25) is 5.91 Å². The van der Waals surface area contributed by atoms with Gasteiger partial charge in [0, 0.05) is 12.4 Å². The zero-order chi connectivity index (χ0) is 14.8. The van der Waals surface area contributed by atoms with Gasteiger partial charge in [-0.25, -0.2) is 4.98 Å². The summed E-state index contributed by atoms with van der Waals surface area (Å²) in [7, 11) is 0. The van der Waals surface area contributed by atoms with Crippen LogP contribution in [-0.4, -0.2) is 20.7 Å². The average Bonchev–Trinajstić information content (AvgIpc) is 2.80. The maximum Gasteiger partial charge on any atom is 0.435 e. The zero-order valence-corrected chi connectivity index (χ0v) is 10.5. The van der Waals surface area contributed by atoms with E-state index in [4.69, 9.17) is 0 Å². The van der Waals surface area contributed by atoms with Crippen LogP contribution >= 0.6 is 0 Å². The van der Waals surface area contributed by atoms with E-state index in [2.05, 4.69) is 15.4 Å². The number of rotatable bonds is 3. The van der Waals surface area contributed by atoms with E-state index in [0.29, 0.717) is 5.82 Å². The molecule has 8 heteroatoms. The second kappa shape index (κ2) is 5.32. The summed E-state index contributed by atoms with van der Waals surface area (Å²) in [5, 5.41) is 5.76. The van der Waals surface area contributed by atoms with E-state index in [1.54, 1.807) is 18.3 Å². The molecule has 0 aliphatic carbocycles. The van der Waals surface area contributed by atoms with Crippen LogP contribution in [0.5, 0.6) is 0 Å². The Morgan fingerprint density at radius 2 is 2.10 bits per heavy atom. The summed E-state index contributed by atoms with van der Waals surface area (Å²) in [5.41, 5.74) is -0.0938. The molecule has 2 aromatic heterocycles. The lowest BCUT2D eigenvalue weighted by molar-refractivity contribution is -0.141. The molecule has 106 valence electrons. The Bertz CT molecular complexity index is 604. The van der Waals surface area contributed by atoms with Gasteiger partial charge in [-0.3, -0.25) is 9.48 Å². The number of aromatic nitrogens is 3. The van der Waals surface area contributed by atoms with Crippen molar-refractivity contribution in [1.29, 1.82) is 0 Å². The van der Waals surface area contributed by atoms with Crippen LogP contribution in [0.4, 0.5) is 19.0 Å². The Hall–Kier alpha value is -2.38. The molecule has 0 spiro atoms. The predicted molar refractivity (Wildman–Crippen MR) is 64.8 cm³/mol. The first-order valence-electron chi connectivity index (χ1n) is 5.68. The molecule has 1 N–H and O–H groups in total. The Morgan fingerprint density at radius 3 is 2.65 bits per heavy atom. The Kier molecular flexibility index (Phi) is 3.73. The summed E-state index contributed by atoms with van der Waals surface area (Å²) in [6, 6.07) is 4.19. The first-order valence-corrected chi connectivity index (χ1v) is 5.68. The number of carbonyl (C=O) groups excluding carboxylic acids is 1. The number of amides is 1. The van der Waals surface area contributed by atoms with Gasteiger partial charge in [-0.15, -0.1) is 0 Å². The molecule has 0 saturated heterocycles. The molecule has 1 amide bonds. The van der Waals surface area contributed by atoms with Gasteiger partial charge in [0.05, 0.1) is 0 Å². The van der Waals surface area contributed by atoms with Crippen molar-refractivity contribution in [2.45, 2.75) is 19.6 Å². The molecule has 2 heterocycles. The third-order valence-electron chi connectivity index (χ3n) is 2.42. The topological polar surface area (TPSA) is 59.8 Å². The van der Waals surface area contributed by atoms with Crippen molar-refractivity contribution < 1.29 is 18.0 Å². The van der Waals surface area contributed by atoms with Crippen LogP contribution in [-0.2, 0) is 17.5 Å². The van der Waals surface area contributed by atoms with E-state index in [9.17, 15) is 18.0 Å². The molecule has 0 radical (unpaired) electrons. The van der Waals surface area contributed by atoms with E-state index >= 15 is 0 Å². The Morgan fingerprint density at radius 1 is 1.35 bits per heavy atom. The lowest BCUT2D eigenvalue weighted by Crippen LogP contribution is -2.20. The van der Waals surface area contributed by atoms with Crippen LogP contribution in [0.15, 0.2) is 30.6 Å². The summed E-state index contributed by atoms with van der Waals surface area (Å²) in [5.74, 6) is -0.165. The molecule has 0 saturated carbocycles. The highest BCUT2D eigenvalue weighted by atomic mass is 19.4. The molecule has 0 fully saturated rings. The van der Waals surface area contributed by atoms with Crippen LogP contribution < -0.4 is 5.32 Å². The first kappa shape index (κ1) is 14.0. The van der Waals surface area contributed by atoms with E-state index < -0.39 is 17.8 Å². The van der Waals surface area contributed by atoms with Crippen LogP contribution in [0.3, 0.4) is 0 Å². The largest absolute Gasteiger partial charge is 0.435 e. The standard InChI is InChI=1S/C12H11F3N4O/c1-8-2-3-10(16-6-8)17-11(20)7-19-5-4-9(18-19)12(13,14)15/h2-6H,7H2,1H3,(H,16,17,20). The molecular weight excluding hydrogens is 273 g/mol. The second-order valence-electron chi connectivity index (χ2n) is 4.17. The number of hydrogen-bond donors (Lipinski definition) is 1. The highest BCUT2D eigenvalue weighted by Crippen LogP contribution is 2.27. The monoisotopic (exact) mass is 284 g/mol. The quantitative estimate of drug-likeness (QED) is 0.940. The van der Waals surface area contributed by atoms with Gasteiger partial charge in [-0.05, 0) is 24.6 Å². The van der Waals surface area contributed by atoms with Gasteiger partial charge >= 0.3 is 6.18 Å². The van der Waals surface area contributed by atoms with Gasteiger partial charge in [-0.2, -0.15) is 18.3 Å². The van der Waals surface area contributed by atoms with E-state index in [0.717, 1.165) is 22.5 Å². The highest BCUT2D eigenvalue weighted by Gasteiger charge is 2.33. The molecule has 0 unspecified atom stereocenters. The molecule has 2 aromatic rings. The maximum absolute atomic E-state index is 12.3. The molecule has 0 bridgehead atoms. The number of pyridine rings is 1. The number of carbonyl (C=O) groups is 1. The van der Waals surface area contributed by atoms with Crippen molar-refractivity contribution in [3.63, 3.8) is 0 Å². The van der Waals surface area contributed by atoms with Gasteiger partial charge in [0.15, 0.2) is 5.69 Å². The summed E-state index contributed by atoms with van der Waals surface area (Å²) in [6.45, 7) is 1.53. The highest BCUT2D eigenvalue weighted by molar-refractivity contribution is 5.89. The van der Waals surface area contributed by atoms with Crippen molar-refractivity contribution >= 4 is 11.7 Å². The lowest BCUT2D eigenvalue weighted by atomic mass is 10.3. The number of nitrogens with one attached hydrogen (secondary N) is 1. The van der Waals surface area contributed by atoms with Crippen LogP contribution in [0.25, 0.3) is 0 Å². The minimum Gasteiger partial charge on any atom is -0.309 e. The van der Waals surface area contributed by atoms with E-state index in [1.807, 2.05) is 6.92 Å². The van der Waals surface area contributed by atoms with Gasteiger partial charge in [0.25, 0.3) is 0 Å². The normalized spacial score (nSPS) is 11.4. The predicted octanol–water partition coefficient (Wildman–Crippen LogP) is 2.24. The summed E-state index contributed by atoms with van der Waals surface area (Å²) in [4.78, 5) is 15.6. The molecular formula is C12H11F3N4O. The number of hydrogen-bond acceptors (Lipinski definition) is 3. The van der Waals surface area contributed by atoms with Crippen LogP contribution in [0, 0.1) is 6.92 Å². The van der Waals surface area contributed by atoms with Crippen molar-refractivity contribution in [3.05, 3.63) is 41.9 Å². The number of halogens is 3. The summed E-state index contributed by atoms with van der Waals surface area (Å²) >= 11 is 0. The number of nitrogens with zero attached hydrogens (tertiary/aromatic N) is 3. The summed E-state index contributed by atoms with van der Waals surface area (Å²) in [6.07, 6.45) is -1.84. The molecule has 0 aliphatic rings. The Balaban J connectivity index is 1.98. The number of anilines is 1. The minimum absolute atomic E-state index is 0.314. The van der Waals surface area contributed by atoms with E-state index in [1.165, 1.54) is 0 Å². The zero-order valence-electron chi connectivity index (χ0n) is 10.5. The SMILES string of the molecule is Cc1ccc(NC(=O)Cn2ccc(C(F)(F)F)n2)nc1. The molecule has 20 heavy (non-hydrogen) atoms. The third-order valence-corrected chi connectivity index (χ3v) is 2.42. The maximum atomic E-state index is 12.3. The first-order chi connectivity index (χ1) is 9.34. The fourth-order valence-electron chi connectivity index (χ4n) is 1.47. The smallest absolute Gasteiger partial charge is 0.309 e. The molecule has 5 nitrogen and oxygen atoms in total. The van der Waals surface area contributed by atoms with Crippen molar-refractivity contribution in [3.8, 4) is 0 Å². The average molecular weight is 284 g/mol. The van der Waals surface area contributed by atoms with Crippen molar-refractivity contribution in [1.82, 2.24) is 14.8 Å². The summed E-state index contributed by atoms with van der Waals surface area (Å²) < 4.78 is 37.9. The molecule has 0 atom stereocenters. The van der Waals surface area contributed by atoms with Crippen molar-refractivity contribution in [2.75, 3.05) is 5.32 Å².